The van der Waals surface area contributed by atoms with Crippen molar-refractivity contribution >= 4 is 11.9 Å². The van der Waals surface area contributed by atoms with Crippen molar-refractivity contribution in [2.75, 3.05) is 20.3 Å². The van der Waals surface area contributed by atoms with Gasteiger partial charge in [0.25, 0.3) is 5.91 Å². The van der Waals surface area contributed by atoms with E-state index in [9.17, 15) is 9.59 Å². The van der Waals surface area contributed by atoms with Crippen molar-refractivity contribution in [1.29, 1.82) is 0 Å². The van der Waals surface area contributed by atoms with Gasteiger partial charge in [0.2, 0.25) is 0 Å². The Morgan fingerprint density at radius 3 is 2.39 bits per heavy atom. The highest BCUT2D eigenvalue weighted by atomic mass is 16.5. The van der Waals surface area contributed by atoms with Crippen molar-refractivity contribution in [3.63, 3.8) is 0 Å². The van der Waals surface area contributed by atoms with E-state index in [0.29, 0.717) is 13.0 Å². The smallest absolute Gasteiger partial charge is 0.317 e. The van der Waals surface area contributed by atoms with E-state index < -0.39 is 5.41 Å². The van der Waals surface area contributed by atoms with Gasteiger partial charge in [0.1, 0.15) is 5.75 Å². The lowest BCUT2D eigenvalue weighted by Crippen LogP contribution is -2.38. The third-order valence-electron chi connectivity index (χ3n) is 5.42. The summed E-state index contributed by atoms with van der Waals surface area (Å²) in [5, 5.41) is 2.81. The number of amides is 1. The topological polar surface area (TPSA) is 64.6 Å². The van der Waals surface area contributed by atoms with Crippen molar-refractivity contribution in [1.82, 2.24) is 5.32 Å². The van der Waals surface area contributed by atoms with Crippen LogP contribution < -0.4 is 10.1 Å². The second-order valence-electron chi connectivity index (χ2n) is 7.14. The van der Waals surface area contributed by atoms with Crippen LogP contribution in [0.1, 0.15) is 36.8 Å². The molecule has 0 saturated heterocycles. The molecule has 0 aliphatic heterocycles. The number of esters is 1. The Morgan fingerprint density at radius 2 is 1.68 bits per heavy atom. The SMILES string of the molecule is COc1ccccc1CCNC(=O)COC(=O)C1(c2ccccc2)CCCC1. The van der Waals surface area contributed by atoms with Crippen LogP contribution in [0.25, 0.3) is 0 Å². The van der Waals surface area contributed by atoms with Gasteiger partial charge in [-0.1, -0.05) is 61.4 Å². The molecule has 0 spiro atoms. The van der Waals surface area contributed by atoms with Crippen LogP contribution in [0, 0.1) is 0 Å². The molecule has 5 nitrogen and oxygen atoms in total. The lowest BCUT2D eigenvalue weighted by Gasteiger charge is -2.27. The van der Waals surface area contributed by atoms with E-state index in [1.165, 1.54) is 0 Å². The molecule has 1 saturated carbocycles. The largest absolute Gasteiger partial charge is 0.496 e. The number of methoxy groups -OCH3 is 1. The number of nitrogens with one attached hydrogen (secondary N) is 1. The van der Waals surface area contributed by atoms with Gasteiger partial charge in [-0.15, -0.1) is 0 Å². The maximum Gasteiger partial charge on any atom is 0.317 e. The van der Waals surface area contributed by atoms with Crippen LogP contribution in [0.15, 0.2) is 54.6 Å². The number of carbonyl (C=O) groups excluding carboxylic acids is 2. The molecular formula is C23H27NO4. The van der Waals surface area contributed by atoms with Crippen LogP contribution >= 0.6 is 0 Å². The highest BCUT2D eigenvalue weighted by Crippen LogP contribution is 2.42. The van der Waals surface area contributed by atoms with Gasteiger partial charge in [0.15, 0.2) is 6.61 Å². The Balaban J connectivity index is 1.50. The second kappa shape index (κ2) is 9.40. The van der Waals surface area contributed by atoms with Gasteiger partial charge in [0, 0.05) is 6.54 Å². The molecule has 0 bridgehead atoms. The van der Waals surface area contributed by atoms with E-state index >= 15 is 0 Å². The molecule has 2 aromatic carbocycles. The lowest BCUT2D eigenvalue weighted by molar-refractivity contribution is -0.154. The van der Waals surface area contributed by atoms with Crippen molar-refractivity contribution in [2.24, 2.45) is 0 Å². The third-order valence-corrected chi connectivity index (χ3v) is 5.42. The average Bonchev–Trinajstić information content (AvgIpc) is 3.24. The van der Waals surface area contributed by atoms with Crippen LogP contribution in [-0.4, -0.2) is 32.1 Å². The molecule has 2 aromatic rings. The standard InChI is InChI=1S/C23H27NO4/c1-27-20-12-6-5-9-18(20)13-16-24-21(25)17-28-22(26)23(14-7-8-15-23)19-10-3-2-4-11-19/h2-6,9-12H,7-8,13-17H2,1H3,(H,24,25). The summed E-state index contributed by atoms with van der Waals surface area (Å²) in [6.07, 6.45) is 4.18. The van der Waals surface area contributed by atoms with Gasteiger partial charge in [-0.25, -0.2) is 0 Å². The molecule has 1 amide bonds. The molecule has 0 radical (unpaired) electrons. The Morgan fingerprint density at radius 1 is 1.00 bits per heavy atom. The Labute approximate surface area is 166 Å². The number of rotatable bonds is 8. The monoisotopic (exact) mass is 381 g/mol. The summed E-state index contributed by atoms with van der Waals surface area (Å²) < 4.78 is 10.7. The van der Waals surface area contributed by atoms with Crippen molar-refractivity contribution in [2.45, 2.75) is 37.5 Å². The van der Waals surface area contributed by atoms with Crippen LogP contribution in [0.2, 0.25) is 0 Å². The predicted octanol–water partition coefficient (Wildman–Crippen LogP) is 3.41. The fourth-order valence-electron chi connectivity index (χ4n) is 3.91. The lowest BCUT2D eigenvalue weighted by atomic mass is 9.79. The third kappa shape index (κ3) is 4.53. The minimum Gasteiger partial charge on any atom is -0.496 e. The van der Waals surface area contributed by atoms with Gasteiger partial charge in [-0.3, -0.25) is 9.59 Å². The maximum absolute atomic E-state index is 12.8. The number of carbonyl (C=O) groups is 2. The zero-order valence-electron chi connectivity index (χ0n) is 16.3. The number of hydrogen-bond donors (Lipinski definition) is 1. The van der Waals surface area contributed by atoms with Gasteiger partial charge in [-0.05, 0) is 36.5 Å². The zero-order valence-corrected chi connectivity index (χ0v) is 16.3. The van der Waals surface area contributed by atoms with Gasteiger partial charge in [0.05, 0.1) is 12.5 Å². The highest BCUT2D eigenvalue weighted by molar-refractivity contribution is 5.86. The molecule has 3 rings (SSSR count). The molecule has 0 heterocycles. The Bertz CT molecular complexity index is 797. The van der Waals surface area contributed by atoms with E-state index in [0.717, 1.165) is 42.6 Å². The molecular weight excluding hydrogens is 354 g/mol. The van der Waals surface area contributed by atoms with Gasteiger partial charge >= 0.3 is 5.97 Å². The summed E-state index contributed by atoms with van der Waals surface area (Å²) >= 11 is 0. The van der Waals surface area contributed by atoms with Crippen LogP contribution in [0.4, 0.5) is 0 Å². The molecule has 148 valence electrons. The van der Waals surface area contributed by atoms with Crippen molar-refractivity contribution < 1.29 is 19.1 Å². The number of para-hydroxylation sites is 1. The first-order valence-corrected chi connectivity index (χ1v) is 9.77. The number of benzene rings is 2. The van der Waals surface area contributed by atoms with Crippen LogP contribution in [0.3, 0.4) is 0 Å². The minimum atomic E-state index is -0.612. The molecule has 28 heavy (non-hydrogen) atoms. The minimum absolute atomic E-state index is 0.251. The Kier molecular flexibility index (Phi) is 6.69. The summed E-state index contributed by atoms with van der Waals surface area (Å²) in [5.74, 6) is 0.217. The molecule has 0 aromatic heterocycles. The molecule has 1 aliphatic carbocycles. The predicted molar refractivity (Wildman–Crippen MR) is 107 cm³/mol. The first kappa shape index (κ1) is 19.9. The number of ether oxygens (including phenoxy) is 2. The fourth-order valence-corrected chi connectivity index (χ4v) is 3.91. The normalized spacial score (nSPS) is 15.0. The molecule has 5 heteroatoms. The molecule has 1 fully saturated rings. The van der Waals surface area contributed by atoms with Crippen LogP contribution in [0.5, 0.6) is 5.75 Å². The number of hydrogen-bond acceptors (Lipinski definition) is 4. The van der Waals surface area contributed by atoms with Gasteiger partial charge < -0.3 is 14.8 Å². The average molecular weight is 381 g/mol. The quantitative estimate of drug-likeness (QED) is 0.712. The Hall–Kier alpha value is -2.82. The summed E-state index contributed by atoms with van der Waals surface area (Å²) in [5.41, 5.74) is 1.39. The molecule has 1 aliphatic rings. The van der Waals surface area contributed by atoms with E-state index in [-0.39, 0.29) is 18.5 Å². The highest BCUT2D eigenvalue weighted by Gasteiger charge is 2.44. The van der Waals surface area contributed by atoms with E-state index in [1.807, 2.05) is 54.6 Å². The first-order valence-electron chi connectivity index (χ1n) is 9.77. The fraction of sp³-hybridized carbons (Fsp3) is 0.391. The maximum atomic E-state index is 12.8. The summed E-state index contributed by atoms with van der Waals surface area (Å²) in [6.45, 7) is 0.208. The van der Waals surface area contributed by atoms with E-state index in [4.69, 9.17) is 9.47 Å². The summed E-state index contributed by atoms with van der Waals surface area (Å²) in [6, 6.07) is 17.5. The molecule has 0 unspecified atom stereocenters. The summed E-state index contributed by atoms with van der Waals surface area (Å²) in [7, 11) is 1.63. The molecule has 0 atom stereocenters. The summed E-state index contributed by atoms with van der Waals surface area (Å²) in [4.78, 5) is 25.0. The van der Waals surface area contributed by atoms with Crippen molar-refractivity contribution in [3.8, 4) is 5.75 Å². The second-order valence-corrected chi connectivity index (χ2v) is 7.14. The van der Waals surface area contributed by atoms with Gasteiger partial charge in [-0.2, -0.15) is 0 Å². The first-order chi connectivity index (χ1) is 13.7. The molecule has 1 N–H and O–H groups in total. The van der Waals surface area contributed by atoms with E-state index in [1.54, 1.807) is 7.11 Å². The van der Waals surface area contributed by atoms with Crippen LogP contribution in [-0.2, 0) is 26.2 Å². The zero-order chi connectivity index (χ0) is 19.8. The van der Waals surface area contributed by atoms with Crippen molar-refractivity contribution in [3.05, 3.63) is 65.7 Å². The van der Waals surface area contributed by atoms with E-state index in [2.05, 4.69) is 5.32 Å².